The minimum absolute atomic E-state index is 0.00557. The first-order valence-corrected chi connectivity index (χ1v) is 24.6. The van der Waals surface area contributed by atoms with E-state index >= 15 is 0 Å². The molecule has 0 saturated heterocycles. The third-order valence-corrected chi connectivity index (χ3v) is 13.4. The molecule has 0 heterocycles. The number of nitrogens with one attached hydrogen (secondary N) is 1. The number of benzene rings is 8. The zero-order chi connectivity index (χ0) is 48.1. The fourth-order valence-electron chi connectivity index (χ4n) is 6.76. The molecule has 0 fully saturated rings. The third kappa shape index (κ3) is 9.98. The summed E-state index contributed by atoms with van der Waals surface area (Å²) in [5.74, 6) is -0.629. The van der Waals surface area contributed by atoms with Gasteiger partial charge in [-0.05, 0) is 120 Å². The van der Waals surface area contributed by atoms with Gasteiger partial charge in [-0.15, -0.1) is 20.5 Å². The van der Waals surface area contributed by atoms with E-state index in [0.717, 1.165) is 24.3 Å². The molecule has 0 aliphatic heterocycles. The number of phenols is 1. The summed E-state index contributed by atoms with van der Waals surface area (Å²) in [6.07, 6.45) is 0. The predicted octanol–water partition coefficient (Wildman–Crippen LogP) is 10.4. The Morgan fingerprint density at radius 2 is 1.00 bits per heavy atom. The van der Waals surface area contributed by atoms with Crippen LogP contribution in [0.3, 0.4) is 0 Å². The molecule has 0 aliphatic carbocycles. The van der Waals surface area contributed by atoms with Gasteiger partial charge in [0, 0.05) is 32.9 Å². The molecular formula is C42H30N8O13S4. The Hall–Kier alpha value is -7.62. The number of nitrogens with zero attached hydrogens (tertiary/aromatic N) is 6. The summed E-state index contributed by atoms with van der Waals surface area (Å²) in [6, 6.07) is 30.1. The second kappa shape index (κ2) is 17.3. The van der Waals surface area contributed by atoms with E-state index in [-0.39, 0.29) is 66.3 Å². The molecule has 340 valence electrons. The lowest BCUT2D eigenvalue weighted by Crippen LogP contribution is -2.03. The maximum absolute atomic E-state index is 12.5. The molecule has 0 bridgehead atoms. The summed E-state index contributed by atoms with van der Waals surface area (Å²) < 4.78 is 137. The van der Waals surface area contributed by atoms with Crippen LogP contribution in [0.15, 0.2) is 184 Å². The van der Waals surface area contributed by atoms with Crippen molar-refractivity contribution in [3.8, 4) is 5.75 Å². The van der Waals surface area contributed by atoms with Crippen LogP contribution < -0.4 is 11.1 Å². The number of nitrogens with two attached hydrogens (primary N) is 1. The van der Waals surface area contributed by atoms with E-state index in [2.05, 4.69) is 36.0 Å². The van der Waals surface area contributed by atoms with E-state index in [1.807, 2.05) is 0 Å². The zero-order valence-electron chi connectivity index (χ0n) is 33.6. The highest BCUT2D eigenvalue weighted by Crippen LogP contribution is 2.43. The van der Waals surface area contributed by atoms with Gasteiger partial charge in [0.25, 0.3) is 40.5 Å². The van der Waals surface area contributed by atoms with Gasteiger partial charge in [0.05, 0.1) is 43.9 Å². The van der Waals surface area contributed by atoms with Crippen molar-refractivity contribution in [1.29, 1.82) is 0 Å². The molecule has 0 spiro atoms. The van der Waals surface area contributed by atoms with Gasteiger partial charge in [0.2, 0.25) is 0 Å². The summed E-state index contributed by atoms with van der Waals surface area (Å²) >= 11 is 0. The fourth-order valence-corrected chi connectivity index (χ4v) is 9.10. The second-order valence-electron chi connectivity index (χ2n) is 14.4. The van der Waals surface area contributed by atoms with Crippen LogP contribution in [-0.4, -0.2) is 57.0 Å². The highest BCUT2D eigenvalue weighted by molar-refractivity contribution is 7.86. The molecule has 0 saturated carbocycles. The molecule has 0 aliphatic rings. The summed E-state index contributed by atoms with van der Waals surface area (Å²) in [7, 11) is -19.0. The Morgan fingerprint density at radius 3 is 1.66 bits per heavy atom. The van der Waals surface area contributed by atoms with E-state index in [0.29, 0.717) is 16.5 Å². The number of hydrogen-bond donors (Lipinski definition) is 7. The molecule has 8 aromatic rings. The van der Waals surface area contributed by atoms with Crippen LogP contribution in [0.5, 0.6) is 5.75 Å². The zero-order valence-corrected chi connectivity index (χ0v) is 36.9. The molecular weight excluding hydrogens is 953 g/mol. The maximum atomic E-state index is 12.5. The largest absolute Gasteiger partial charge is 0.505 e. The van der Waals surface area contributed by atoms with Crippen molar-refractivity contribution < 1.29 is 57.0 Å². The third-order valence-electron chi connectivity index (χ3n) is 9.91. The first-order valence-electron chi connectivity index (χ1n) is 18.8. The van der Waals surface area contributed by atoms with Gasteiger partial charge in [-0.2, -0.15) is 43.9 Å². The van der Waals surface area contributed by atoms with Crippen molar-refractivity contribution in [2.75, 3.05) is 11.1 Å². The van der Waals surface area contributed by atoms with E-state index in [4.69, 9.17) is 5.73 Å². The van der Waals surface area contributed by atoms with Gasteiger partial charge in [-0.1, -0.05) is 24.3 Å². The van der Waals surface area contributed by atoms with Crippen LogP contribution in [0, 0.1) is 0 Å². The highest BCUT2D eigenvalue weighted by atomic mass is 32.2. The number of nitrogen functional groups attached to an aromatic ring is 1. The molecule has 0 radical (unpaired) electrons. The van der Waals surface area contributed by atoms with Gasteiger partial charge < -0.3 is 16.2 Å². The molecule has 8 rings (SSSR count). The standard InChI is InChI=1S/C42H30N8O13S4/c43-25-5-13-31-24(18-25)19-40(67(61,62)63)41(42(31)51)50-49-36-16-17-37(34-22-30(65(55,56)57)12-14-32(34)36)48-45-27-8-6-26(7-9-27)44-38-15-10-28(20-39(38)66(58,59)60)46-47-35-3-1-2-23-4-11-29(21-33(23)35)64(52,53)54/h1-22,44,51H,43H2,(H,52,53,54)(H,55,56,57)(H,58,59,60)(H,61,62,63). The quantitative estimate of drug-likeness (QED) is 0.0340. The SMILES string of the molecule is Nc1ccc2c(O)c(N=Nc3ccc(N=Nc4ccc(Nc5ccc(N=Nc6cccc7ccc(S(=O)(=O)O)cc67)cc5S(=O)(=O)O)cc4)c4cc(S(=O)(=O)O)ccc34)c(S(=O)(=O)O)cc2c1. The lowest BCUT2D eigenvalue weighted by molar-refractivity contribution is 0.472. The molecule has 0 aromatic heterocycles. The first kappa shape index (κ1) is 45.9. The van der Waals surface area contributed by atoms with Gasteiger partial charge in [-0.25, -0.2) is 0 Å². The van der Waals surface area contributed by atoms with Crippen molar-refractivity contribution in [2.45, 2.75) is 19.6 Å². The van der Waals surface area contributed by atoms with Crippen LogP contribution >= 0.6 is 0 Å². The Labute approximate surface area is 379 Å². The number of phenolic OH excluding ortho intramolecular Hbond substituents is 1. The lowest BCUT2D eigenvalue weighted by atomic mass is 10.1. The molecule has 0 amide bonds. The lowest BCUT2D eigenvalue weighted by Gasteiger charge is -2.11. The minimum atomic E-state index is -4.96. The van der Waals surface area contributed by atoms with Crippen molar-refractivity contribution in [1.82, 2.24) is 0 Å². The number of anilines is 3. The Morgan fingerprint density at radius 1 is 0.433 bits per heavy atom. The van der Waals surface area contributed by atoms with E-state index < -0.39 is 66.6 Å². The number of aromatic hydroxyl groups is 1. The number of azo groups is 3. The van der Waals surface area contributed by atoms with Crippen LogP contribution in [-0.2, 0) is 40.5 Å². The molecule has 25 heteroatoms. The van der Waals surface area contributed by atoms with Gasteiger partial charge in [0.1, 0.15) is 15.5 Å². The Balaban J connectivity index is 1.07. The summed E-state index contributed by atoms with van der Waals surface area (Å²) in [5.41, 5.74) is 6.30. The van der Waals surface area contributed by atoms with Crippen molar-refractivity contribution >= 4 is 124 Å². The monoisotopic (exact) mass is 982 g/mol. The molecule has 8 aromatic carbocycles. The predicted molar refractivity (Wildman–Crippen MR) is 246 cm³/mol. The smallest absolute Gasteiger partial charge is 0.296 e. The number of hydrogen-bond acceptors (Lipinski definition) is 17. The Bertz CT molecular complexity index is 3930. The molecule has 0 atom stereocenters. The van der Waals surface area contributed by atoms with Crippen molar-refractivity contribution in [2.24, 2.45) is 30.7 Å². The number of rotatable bonds is 12. The van der Waals surface area contributed by atoms with Gasteiger partial charge in [-0.3, -0.25) is 18.2 Å². The second-order valence-corrected chi connectivity index (χ2v) is 20.0. The van der Waals surface area contributed by atoms with Crippen molar-refractivity contribution in [3.63, 3.8) is 0 Å². The summed E-state index contributed by atoms with van der Waals surface area (Å²) in [6.45, 7) is 0. The van der Waals surface area contributed by atoms with Crippen LogP contribution in [0.2, 0.25) is 0 Å². The van der Waals surface area contributed by atoms with E-state index in [1.165, 1.54) is 97.1 Å². The summed E-state index contributed by atoms with van der Waals surface area (Å²) in [5, 5.41) is 40.2. The van der Waals surface area contributed by atoms with E-state index in [9.17, 15) is 57.0 Å². The molecule has 0 unspecified atom stereocenters. The number of fused-ring (bicyclic) bond motifs is 3. The highest BCUT2D eigenvalue weighted by Gasteiger charge is 2.23. The normalized spacial score (nSPS) is 12.9. The molecule has 67 heavy (non-hydrogen) atoms. The van der Waals surface area contributed by atoms with Crippen molar-refractivity contribution in [3.05, 3.63) is 133 Å². The average molecular weight is 983 g/mol. The topological polar surface area (TPSA) is 350 Å². The van der Waals surface area contributed by atoms with Gasteiger partial charge in [0.15, 0.2) is 5.75 Å². The van der Waals surface area contributed by atoms with Crippen LogP contribution in [0.4, 0.5) is 51.2 Å². The minimum Gasteiger partial charge on any atom is -0.505 e. The fraction of sp³-hybridized carbons (Fsp3) is 0. The van der Waals surface area contributed by atoms with E-state index in [1.54, 1.807) is 12.1 Å². The maximum Gasteiger partial charge on any atom is 0.296 e. The molecule has 8 N–H and O–H groups in total. The molecule has 21 nitrogen and oxygen atoms in total. The van der Waals surface area contributed by atoms with Crippen LogP contribution in [0.1, 0.15) is 0 Å². The van der Waals surface area contributed by atoms with Crippen LogP contribution in [0.25, 0.3) is 32.3 Å². The van der Waals surface area contributed by atoms with Gasteiger partial charge >= 0.3 is 0 Å². The Kier molecular flexibility index (Phi) is 11.9. The summed E-state index contributed by atoms with van der Waals surface area (Å²) in [4.78, 5) is -2.20. The average Bonchev–Trinajstić information content (AvgIpc) is 3.26. The first-order chi connectivity index (χ1) is 31.5.